The molecule has 0 aromatic carbocycles. The number of unbranched alkanes of at least 4 members (excludes halogenated alkanes) is 2. The molecule has 0 bridgehead atoms. The van der Waals surface area contributed by atoms with Gasteiger partial charge >= 0.3 is 0 Å². The number of carbonyl (C=O) groups is 3. The van der Waals surface area contributed by atoms with Gasteiger partial charge < -0.3 is 15.5 Å². The maximum Gasteiger partial charge on any atom is 0.246 e. The summed E-state index contributed by atoms with van der Waals surface area (Å²) in [5, 5.41) is 5.79. The molecule has 0 saturated carbocycles. The highest BCUT2D eigenvalue weighted by molar-refractivity contribution is 5.90. The molecule has 0 unspecified atom stereocenters. The van der Waals surface area contributed by atoms with E-state index in [2.05, 4.69) is 10.6 Å². The molecule has 0 radical (unpaired) electrons. The lowest BCUT2D eigenvalue weighted by Gasteiger charge is -2.14. The summed E-state index contributed by atoms with van der Waals surface area (Å²) in [4.78, 5) is 34.5. The molecule has 2 N–H and O–H groups in total. The Bertz CT molecular complexity index is 330. The van der Waals surface area contributed by atoms with Crippen LogP contribution in [0.1, 0.15) is 32.6 Å². The third-order valence-electron chi connectivity index (χ3n) is 2.75. The largest absolute Gasteiger partial charge is 0.344 e. The lowest BCUT2D eigenvalue weighted by Crippen LogP contribution is -2.33. The van der Waals surface area contributed by atoms with Crippen molar-refractivity contribution < 1.29 is 14.4 Å². The number of rotatable bonds is 11. The number of nitrogens with one attached hydrogen (secondary N) is 2. The van der Waals surface area contributed by atoms with E-state index in [0.717, 1.165) is 25.8 Å². The summed E-state index contributed by atoms with van der Waals surface area (Å²) in [5.41, 5.74) is 0. The van der Waals surface area contributed by atoms with Gasteiger partial charge in [-0.3, -0.25) is 14.4 Å². The van der Waals surface area contributed by atoms with Gasteiger partial charge in [-0.1, -0.05) is 13.3 Å². The highest BCUT2D eigenvalue weighted by atomic mass is 16.2. The second-order valence-electron chi connectivity index (χ2n) is 4.45. The summed E-state index contributed by atoms with van der Waals surface area (Å²) >= 11 is 0. The van der Waals surface area contributed by atoms with Crippen LogP contribution in [0.3, 0.4) is 0 Å². The maximum absolute atomic E-state index is 11.4. The van der Waals surface area contributed by atoms with E-state index >= 15 is 0 Å². The van der Waals surface area contributed by atoms with E-state index in [1.54, 1.807) is 11.9 Å². The van der Waals surface area contributed by atoms with E-state index in [9.17, 15) is 14.4 Å². The van der Waals surface area contributed by atoms with Gasteiger partial charge in [0.1, 0.15) is 6.29 Å². The minimum atomic E-state index is -0.180. The number of aldehydes is 1. The third kappa shape index (κ3) is 10.3. The van der Waals surface area contributed by atoms with Crippen molar-refractivity contribution in [2.45, 2.75) is 32.6 Å². The van der Waals surface area contributed by atoms with Crippen LogP contribution in [-0.2, 0) is 14.4 Å². The predicted octanol–water partition coefficient (Wildman–Crippen LogP) is 0.443. The molecule has 0 fully saturated rings. The number of hydrogen-bond acceptors (Lipinski definition) is 4. The van der Waals surface area contributed by atoms with Crippen molar-refractivity contribution in [3.8, 4) is 0 Å². The minimum absolute atomic E-state index is 0.0456. The van der Waals surface area contributed by atoms with Gasteiger partial charge in [-0.15, -0.1) is 0 Å². The number of allylic oxidation sites excluding steroid dienone is 1. The van der Waals surface area contributed by atoms with Crippen molar-refractivity contribution in [3.05, 3.63) is 12.2 Å². The monoisotopic (exact) mass is 283 g/mol. The molecule has 0 aliphatic rings. The van der Waals surface area contributed by atoms with Crippen LogP contribution in [0, 0.1) is 0 Å². The van der Waals surface area contributed by atoms with Crippen LogP contribution in [0.25, 0.3) is 0 Å². The summed E-state index contributed by atoms with van der Waals surface area (Å²) in [6.07, 6.45) is 6.08. The van der Waals surface area contributed by atoms with Crippen LogP contribution in [-0.4, -0.2) is 49.8 Å². The Morgan fingerprint density at radius 3 is 2.60 bits per heavy atom. The van der Waals surface area contributed by atoms with Gasteiger partial charge in [-0.05, 0) is 25.5 Å². The van der Waals surface area contributed by atoms with E-state index in [1.165, 1.54) is 12.2 Å². The molecule has 0 heterocycles. The predicted molar refractivity (Wildman–Crippen MR) is 78.0 cm³/mol. The fraction of sp³-hybridized carbons (Fsp3) is 0.643. The molecule has 6 heteroatoms. The number of amides is 2. The Morgan fingerprint density at radius 2 is 1.95 bits per heavy atom. The molecule has 0 rings (SSSR count). The minimum Gasteiger partial charge on any atom is -0.344 e. The Hall–Kier alpha value is -1.69. The zero-order valence-electron chi connectivity index (χ0n) is 12.4. The number of likely N-dealkylation sites (N-methyl/N-ethyl adjacent to an activating group) is 1. The average Bonchev–Trinajstić information content (AvgIpc) is 2.44. The Morgan fingerprint density at radius 1 is 1.20 bits per heavy atom. The molecule has 0 saturated heterocycles. The van der Waals surface area contributed by atoms with Crippen molar-refractivity contribution in [3.63, 3.8) is 0 Å². The van der Waals surface area contributed by atoms with Crippen LogP contribution in [0.4, 0.5) is 0 Å². The van der Waals surface area contributed by atoms with Crippen molar-refractivity contribution in [1.29, 1.82) is 0 Å². The van der Waals surface area contributed by atoms with E-state index in [4.69, 9.17) is 0 Å². The second kappa shape index (κ2) is 12.3. The molecule has 20 heavy (non-hydrogen) atoms. The molecule has 6 nitrogen and oxygen atoms in total. The molecule has 2 amide bonds. The van der Waals surface area contributed by atoms with Crippen molar-refractivity contribution >= 4 is 18.1 Å². The van der Waals surface area contributed by atoms with Gasteiger partial charge in [0.25, 0.3) is 0 Å². The lowest BCUT2D eigenvalue weighted by molar-refractivity contribution is -0.125. The topological polar surface area (TPSA) is 78.5 Å². The first-order valence-corrected chi connectivity index (χ1v) is 6.96. The number of carbonyl (C=O) groups excluding carboxylic acids is 3. The van der Waals surface area contributed by atoms with Gasteiger partial charge in [0.05, 0.1) is 6.67 Å². The normalized spacial score (nSPS) is 10.5. The average molecular weight is 283 g/mol. The van der Waals surface area contributed by atoms with E-state index < -0.39 is 0 Å². The molecule has 0 spiro atoms. The molecule has 0 aromatic heterocycles. The molecule has 0 atom stereocenters. The van der Waals surface area contributed by atoms with Gasteiger partial charge in [-0.2, -0.15) is 0 Å². The zero-order chi connectivity index (χ0) is 15.2. The first kappa shape index (κ1) is 18.3. The molecule has 0 aliphatic heterocycles. The summed E-state index contributed by atoms with van der Waals surface area (Å²) in [6.45, 7) is 3.95. The van der Waals surface area contributed by atoms with Crippen LogP contribution in [0.5, 0.6) is 0 Å². The maximum atomic E-state index is 11.4. The first-order valence-electron chi connectivity index (χ1n) is 6.96. The summed E-state index contributed by atoms with van der Waals surface area (Å²) in [6, 6.07) is 0. The summed E-state index contributed by atoms with van der Waals surface area (Å²) in [7, 11) is 1.70. The van der Waals surface area contributed by atoms with E-state index in [1.807, 2.05) is 6.92 Å². The SMILES string of the molecule is CCNCNC(=O)CCCCCN(C)C(=O)/C=C\C=O. The van der Waals surface area contributed by atoms with Crippen LogP contribution < -0.4 is 10.6 Å². The molecular formula is C14H25N3O3. The molecule has 114 valence electrons. The standard InChI is InChI=1S/C14H25N3O3/c1-3-15-12-16-13(19)8-5-4-6-10-17(2)14(20)9-7-11-18/h7,9,11,15H,3-6,8,10,12H2,1-2H3,(H,16,19)/b9-7-. The van der Waals surface area contributed by atoms with Crippen molar-refractivity contribution in [2.75, 3.05) is 26.8 Å². The fourth-order valence-corrected chi connectivity index (χ4v) is 1.54. The van der Waals surface area contributed by atoms with Crippen LogP contribution in [0.15, 0.2) is 12.2 Å². The summed E-state index contributed by atoms with van der Waals surface area (Å²) in [5.74, 6) is -0.134. The highest BCUT2D eigenvalue weighted by Gasteiger charge is 2.04. The van der Waals surface area contributed by atoms with E-state index in [0.29, 0.717) is 25.9 Å². The van der Waals surface area contributed by atoms with Crippen LogP contribution >= 0.6 is 0 Å². The Balaban J connectivity index is 3.56. The fourth-order valence-electron chi connectivity index (χ4n) is 1.54. The first-order chi connectivity index (χ1) is 9.61. The van der Waals surface area contributed by atoms with Crippen molar-refractivity contribution in [1.82, 2.24) is 15.5 Å². The number of nitrogens with zero attached hydrogens (tertiary/aromatic N) is 1. The highest BCUT2D eigenvalue weighted by Crippen LogP contribution is 2.01. The van der Waals surface area contributed by atoms with Crippen LogP contribution in [0.2, 0.25) is 0 Å². The van der Waals surface area contributed by atoms with Gasteiger partial charge in [0.15, 0.2) is 0 Å². The van der Waals surface area contributed by atoms with Gasteiger partial charge in [0.2, 0.25) is 11.8 Å². The lowest BCUT2D eigenvalue weighted by atomic mass is 10.2. The van der Waals surface area contributed by atoms with Gasteiger partial charge in [0, 0.05) is 26.1 Å². The molecule has 0 aromatic rings. The second-order valence-corrected chi connectivity index (χ2v) is 4.45. The smallest absolute Gasteiger partial charge is 0.246 e. The quantitative estimate of drug-likeness (QED) is 0.250. The Kier molecular flexibility index (Phi) is 11.3. The van der Waals surface area contributed by atoms with Gasteiger partial charge in [-0.25, -0.2) is 0 Å². The number of hydrogen-bond donors (Lipinski definition) is 2. The molecule has 0 aliphatic carbocycles. The molecular weight excluding hydrogens is 258 g/mol. The van der Waals surface area contributed by atoms with Crippen molar-refractivity contribution in [2.24, 2.45) is 0 Å². The Labute approximate surface area is 120 Å². The van der Waals surface area contributed by atoms with E-state index in [-0.39, 0.29) is 11.8 Å². The summed E-state index contributed by atoms with van der Waals surface area (Å²) < 4.78 is 0. The third-order valence-corrected chi connectivity index (χ3v) is 2.75. The zero-order valence-corrected chi connectivity index (χ0v) is 12.4.